The van der Waals surface area contributed by atoms with Gasteiger partial charge in [0.15, 0.2) is 5.82 Å². The second kappa shape index (κ2) is 12.5. The molecule has 2 aromatic heterocycles. The van der Waals surface area contributed by atoms with E-state index in [1.807, 2.05) is 23.5 Å². The summed E-state index contributed by atoms with van der Waals surface area (Å²) in [5, 5.41) is 2.61. The van der Waals surface area contributed by atoms with Crippen LogP contribution in [0, 0.1) is 0 Å². The number of hydrogen-bond acceptors (Lipinski definition) is 3. The SMILES string of the molecule is c1ccc(-c2ccc(-c3nc(-c4ccccc4)cc(-c4cc(-c5ccccc5)cc(-c5ccc6c(c5)sc5ccccc56)c4)n3)cc2)cc1. The summed E-state index contributed by atoms with van der Waals surface area (Å²) in [5.41, 5.74) is 11.9. The molecule has 7 aromatic carbocycles. The normalized spacial score (nSPS) is 11.3. The lowest BCUT2D eigenvalue weighted by atomic mass is 9.94. The van der Waals surface area contributed by atoms with Crippen LogP contribution in [0.1, 0.15) is 0 Å². The van der Waals surface area contributed by atoms with Crippen molar-refractivity contribution in [2.45, 2.75) is 0 Å². The number of benzene rings is 7. The molecular weight excluding hydrogens is 613 g/mol. The summed E-state index contributed by atoms with van der Waals surface area (Å²) in [6.07, 6.45) is 0. The summed E-state index contributed by atoms with van der Waals surface area (Å²) in [5.74, 6) is 0.703. The average Bonchev–Trinajstić information content (AvgIpc) is 3.57. The Balaban J connectivity index is 1.21. The minimum Gasteiger partial charge on any atom is -0.228 e. The van der Waals surface area contributed by atoms with Crippen molar-refractivity contribution in [2.24, 2.45) is 0 Å². The van der Waals surface area contributed by atoms with Crippen LogP contribution in [0.15, 0.2) is 182 Å². The topological polar surface area (TPSA) is 25.8 Å². The van der Waals surface area contributed by atoms with Crippen LogP contribution < -0.4 is 0 Å². The fourth-order valence-electron chi connectivity index (χ4n) is 6.57. The molecule has 0 amide bonds. The molecule has 0 bridgehead atoms. The largest absolute Gasteiger partial charge is 0.228 e. The minimum atomic E-state index is 0.703. The first kappa shape index (κ1) is 29.0. The van der Waals surface area contributed by atoms with Crippen molar-refractivity contribution >= 4 is 31.5 Å². The van der Waals surface area contributed by atoms with Gasteiger partial charge in [0.25, 0.3) is 0 Å². The minimum absolute atomic E-state index is 0.703. The van der Waals surface area contributed by atoms with E-state index in [2.05, 4.69) is 170 Å². The van der Waals surface area contributed by atoms with E-state index < -0.39 is 0 Å². The molecule has 0 aliphatic heterocycles. The van der Waals surface area contributed by atoms with Gasteiger partial charge in [-0.05, 0) is 69.8 Å². The molecule has 3 heteroatoms. The van der Waals surface area contributed by atoms with Crippen molar-refractivity contribution in [3.63, 3.8) is 0 Å². The number of nitrogens with zero attached hydrogens (tertiary/aromatic N) is 2. The van der Waals surface area contributed by atoms with Gasteiger partial charge in [0, 0.05) is 36.9 Å². The lowest BCUT2D eigenvalue weighted by Crippen LogP contribution is -1.96. The molecular formula is C46H30N2S. The molecule has 0 saturated heterocycles. The Bertz CT molecular complexity index is 2570. The monoisotopic (exact) mass is 642 g/mol. The van der Waals surface area contributed by atoms with Crippen LogP contribution in [-0.2, 0) is 0 Å². The third kappa shape index (κ3) is 5.71. The van der Waals surface area contributed by atoms with E-state index in [9.17, 15) is 0 Å². The summed E-state index contributed by atoms with van der Waals surface area (Å²) in [7, 11) is 0. The molecule has 230 valence electrons. The molecule has 9 rings (SSSR count). The first-order chi connectivity index (χ1) is 24.2. The Kier molecular flexibility index (Phi) is 7.38. The van der Waals surface area contributed by atoms with Gasteiger partial charge in [-0.15, -0.1) is 11.3 Å². The highest BCUT2D eigenvalue weighted by Gasteiger charge is 2.15. The van der Waals surface area contributed by atoms with Gasteiger partial charge in [-0.1, -0.05) is 146 Å². The summed E-state index contributed by atoms with van der Waals surface area (Å²) < 4.78 is 2.60. The fourth-order valence-corrected chi connectivity index (χ4v) is 7.71. The highest BCUT2D eigenvalue weighted by Crippen LogP contribution is 2.39. The molecule has 0 N–H and O–H groups in total. The van der Waals surface area contributed by atoms with Crippen LogP contribution in [0.25, 0.3) is 87.5 Å². The van der Waals surface area contributed by atoms with Gasteiger partial charge in [0.2, 0.25) is 0 Å². The number of fused-ring (bicyclic) bond motifs is 3. The van der Waals surface area contributed by atoms with E-state index in [1.165, 1.54) is 42.4 Å². The maximum absolute atomic E-state index is 5.24. The van der Waals surface area contributed by atoms with Gasteiger partial charge in [-0.3, -0.25) is 0 Å². The van der Waals surface area contributed by atoms with Gasteiger partial charge < -0.3 is 0 Å². The third-order valence-electron chi connectivity index (χ3n) is 9.09. The smallest absolute Gasteiger partial charge is 0.160 e. The summed E-state index contributed by atoms with van der Waals surface area (Å²) in [4.78, 5) is 10.3. The zero-order valence-corrected chi connectivity index (χ0v) is 27.4. The lowest BCUT2D eigenvalue weighted by Gasteiger charge is -2.13. The Labute approximate surface area is 289 Å². The molecule has 49 heavy (non-hydrogen) atoms. The molecule has 0 fully saturated rings. The van der Waals surface area contributed by atoms with E-state index in [4.69, 9.17) is 9.97 Å². The predicted octanol–water partition coefficient (Wildman–Crippen LogP) is 12.8. The average molecular weight is 643 g/mol. The molecule has 0 aliphatic carbocycles. The standard InChI is InChI=1S/C46H30N2S/c1-4-12-31(13-5-1)33-20-22-35(23-21-33)46-47-42(34-16-8-3-9-17-34)30-43(48-46)39-27-37(32-14-6-2-7-15-32)26-38(28-39)36-24-25-41-40-18-10-11-19-44(40)49-45(41)29-36/h1-30H. The fraction of sp³-hybridized carbons (Fsp3) is 0. The quantitative estimate of drug-likeness (QED) is 0.180. The van der Waals surface area contributed by atoms with Gasteiger partial charge in [0.1, 0.15) is 0 Å². The third-order valence-corrected chi connectivity index (χ3v) is 10.2. The van der Waals surface area contributed by atoms with Gasteiger partial charge in [-0.25, -0.2) is 9.97 Å². The summed E-state index contributed by atoms with van der Waals surface area (Å²) >= 11 is 1.85. The second-order valence-corrected chi connectivity index (χ2v) is 13.3. The first-order valence-electron chi connectivity index (χ1n) is 16.5. The van der Waals surface area contributed by atoms with E-state index >= 15 is 0 Å². The maximum Gasteiger partial charge on any atom is 0.160 e. The van der Waals surface area contributed by atoms with Crippen LogP contribution in [-0.4, -0.2) is 9.97 Å². The first-order valence-corrected chi connectivity index (χ1v) is 17.3. The van der Waals surface area contributed by atoms with Crippen molar-refractivity contribution in [1.82, 2.24) is 9.97 Å². The lowest BCUT2D eigenvalue weighted by molar-refractivity contribution is 1.18. The molecule has 9 aromatic rings. The van der Waals surface area contributed by atoms with Crippen molar-refractivity contribution in [3.8, 4) is 67.3 Å². The highest BCUT2D eigenvalue weighted by molar-refractivity contribution is 7.25. The molecule has 0 saturated carbocycles. The van der Waals surface area contributed by atoms with E-state index in [1.54, 1.807) is 0 Å². The van der Waals surface area contributed by atoms with Crippen molar-refractivity contribution in [3.05, 3.63) is 182 Å². The molecule has 0 unspecified atom stereocenters. The summed E-state index contributed by atoms with van der Waals surface area (Å²) in [6.45, 7) is 0. The zero-order valence-electron chi connectivity index (χ0n) is 26.6. The zero-order chi connectivity index (χ0) is 32.6. The van der Waals surface area contributed by atoms with E-state index in [0.717, 1.165) is 39.2 Å². The van der Waals surface area contributed by atoms with Crippen molar-refractivity contribution in [2.75, 3.05) is 0 Å². The number of aromatic nitrogens is 2. The van der Waals surface area contributed by atoms with Gasteiger partial charge in [0.05, 0.1) is 11.4 Å². The Morgan fingerprint density at radius 2 is 0.755 bits per heavy atom. The van der Waals surface area contributed by atoms with E-state index in [0.29, 0.717) is 5.82 Å². The van der Waals surface area contributed by atoms with Crippen LogP contribution in [0.4, 0.5) is 0 Å². The Morgan fingerprint density at radius 1 is 0.286 bits per heavy atom. The van der Waals surface area contributed by atoms with Crippen LogP contribution in [0.3, 0.4) is 0 Å². The number of hydrogen-bond donors (Lipinski definition) is 0. The van der Waals surface area contributed by atoms with Crippen LogP contribution in [0.2, 0.25) is 0 Å². The maximum atomic E-state index is 5.24. The predicted molar refractivity (Wildman–Crippen MR) is 208 cm³/mol. The van der Waals surface area contributed by atoms with Gasteiger partial charge in [-0.2, -0.15) is 0 Å². The second-order valence-electron chi connectivity index (χ2n) is 12.2. The summed E-state index contributed by atoms with van der Waals surface area (Å²) in [6, 6.07) is 64.5. The van der Waals surface area contributed by atoms with Gasteiger partial charge >= 0.3 is 0 Å². The molecule has 0 radical (unpaired) electrons. The molecule has 2 heterocycles. The van der Waals surface area contributed by atoms with Crippen LogP contribution in [0.5, 0.6) is 0 Å². The Morgan fingerprint density at radius 3 is 1.45 bits per heavy atom. The Hall–Kier alpha value is -6.16. The highest BCUT2D eigenvalue weighted by atomic mass is 32.1. The van der Waals surface area contributed by atoms with Crippen molar-refractivity contribution < 1.29 is 0 Å². The van der Waals surface area contributed by atoms with Crippen LogP contribution >= 0.6 is 11.3 Å². The number of thiophene rings is 1. The molecule has 0 aliphatic rings. The molecule has 0 spiro atoms. The van der Waals surface area contributed by atoms with Crippen molar-refractivity contribution in [1.29, 1.82) is 0 Å². The number of rotatable bonds is 6. The van der Waals surface area contributed by atoms with E-state index in [-0.39, 0.29) is 0 Å². The molecule has 2 nitrogen and oxygen atoms in total. The molecule has 0 atom stereocenters.